The number of halogens is 1. The molecule has 2 heterocycles. The van der Waals surface area contributed by atoms with Gasteiger partial charge in [0.05, 0.1) is 6.20 Å². The van der Waals surface area contributed by atoms with Crippen LogP contribution in [0.2, 0.25) is 0 Å². The van der Waals surface area contributed by atoms with Crippen molar-refractivity contribution in [3.63, 3.8) is 0 Å². The first kappa shape index (κ1) is 8.38. The van der Waals surface area contributed by atoms with E-state index in [0.29, 0.717) is 0 Å². The van der Waals surface area contributed by atoms with Gasteiger partial charge in [0, 0.05) is 12.7 Å². The van der Waals surface area contributed by atoms with E-state index in [1.807, 2.05) is 0 Å². The number of hydrogen-bond donors (Lipinski definition) is 1. The number of nitrogens with zero attached hydrogens (tertiary/aromatic N) is 1. The number of pyridine rings is 1. The molecule has 0 aliphatic carbocycles. The van der Waals surface area contributed by atoms with E-state index in [-0.39, 0.29) is 5.82 Å². The zero-order valence-electron chi connectivity index (χ0n) is 7.26. The van der Waals surface area contributed by atoms with Gasteiger partial charge in [-0.2, -0.15) is 0 Å². The normalized spacial score (nSPS) is 16.8. The largest absolute Gasteiger partial charge is 0.313 e. The second-order valence-electron chi connectivity index (χ2n) is 3.08. The average molecular weight is 178 g/mol. The summed E-state index contributed by atoms with van der Waals surface area (Å²) in [5, 5.41) is 3.21. The van der Waals surface area contributed by atoms with Gasteiger partial charge in [-0.1, -0.05) is 6.08 Å². The van der Waals surface area contributed by atoms with Crippen LogP contribution in [0.25, 0.3) is 5.57 Å². The molecule has 1 aromatic rings. The minimum atomic E-state index is -0.267. The first-order valence-electron chi connectivity index (χ1n) is 4.37. The highest BCUT2D eigenvalue weighted by Crippen LogP contribution is 2.18. The molecule has 0 saturated heterocycles. The summed E-state index contributed by atoms with van der Waals surface area (Å²) in [7, 11) is 0. The molecule has 2 nitrogen and oxygen atoms in total. The summed E-state index contributed by atoms with van der Waals surface area (Å²) >= 11 is 0. The van der Waals surface area contributed by atoms with Crippen LogP contribution >= 0.6 is 0 Å². The third-order valence-electron chi connectivity index (χ3n) is 2.14. The van der Waals surface area contributed by atoms with Crippen molar-refractivity contribution in [2.45, 2.75) is 6.42 Å². The Balaban J connectivity index is 2.29. The Morgan fingerprint density at radius 3 is 3.00 bits per heavy atom. The molecule has 1 aliphatic rings. The van der Waals surface area contributed by atoms with Gasteiger partial charge in [0.15, 0.2) is 0 Å². The van der Waals surface area contributed by atoms with Gasteiger partial charge in [0.25, 0.3) is 0 Å². The lowest BCUT2D eigenvalue weighted by Gasteiger charge is -2.13. The van der Waals surface area contributed by atoms with Crippen LogP contribution in [0.4, 0.5) is 4.39 Å². The van der Waals surface area contributed by atoms with Crippen LogP contribution in [0.1, 0.15) is 12.0 Å². The molecule has 1 N–H and O–H groups in total. The second-order valence-corrected chi connectivity index (χ2v) is 3.08. The lowest BCUT2D eigenvalue weighted by molar-refractivity contribution is 0.620. The van der Waals surface area contributed by atoms with Gasteiger partial charge in [-0.15, -0.1) is 0 Å². The predicted octanol–water partition coefficient (Wildman–Crippen LogP) is 1.60. The maximum absolute atomic E-state index is 12.8. The Labute approximate surface area is 76.5 Å². The molecular weight excluding hydrogens is 167 g/mol. The van der Waals surface area contributed by atoms with Crippen molar-refractivity contribution < 1.29 is 4.39 Å². The third kappa shape index (κ3) is 1.92. The van der Waals surface area contributed by atoms with Crippen molar-refractivity contribution in [3.05, 3.63) is 35.9 Å². The molecule has 2 rings (SSSR count). The van der Waals surface area contributed by atoms with E-state index in [2.05, 4.69) is 16.4 Å². The molecule has 0 aromatic carbocycles. The molecule has 1 aliphatic heterocycles. The Kier molecular flexibility index (Phi) is 2.36. The van der Waals surface area contributed by atoms with Gasteiger partial charge in [0.1, 0.15) is 5.82 Å². The molecule has 1 aromatic heterocycles. The number of aromatic nitrogens is 1. The Morgan fingerprint density at radius 2 is 2.31 bits per heavy atom. The molecule has 0 spiro atoms. The topological polar surface area (TPSA) is 24.9 Å². The van der Waals surface area contributed by atoms with Crippen molar-refractivity contribution in [2.24, 2.45) is 0 Å². The first-order chi connectivity index (χ1) is 6.36. The average Bonchev–Trinajstić information content (AvgIpc) is 2.19. The zero-order chi connectivity index (χ0) is 9.10. The summed E-state index contributed by atoms with van der Waals surface area (Å²) in [4.78, 5) is 3.82. The van der Waals surface area contributed by atoms with Crippen LogP contribution in [0.5, 0.6) is 0 Å². The van der Waals surface area contributed by atoms with Crippen LogP contribution in [0.15, 0.2) is 24.5 Å². The minimum Gasteiger partial charge on any atom is -0.313 e. The second kappa shape index (κ2) is 3.66. The van der Waals surface area contributed by atoms with Gasteiger partial charge in [0.2, 0.25) is 0 Å². The van der Waals surface area contributed by atoms with E-state index in [9.17, 15) is 4.39 Å². The monoisotopic (exact) mass is 178 g/mol. The van der Waals surface area contributed by atoms with Gasteiger partial charge in [-0.05, 0) is 30.2 Å². The van der Waals surface area contributed by atoms with Gasteiger partial charge >= 0.3 is 0 Å². The Bertz CT molecular complexity index is 333. The van der Waals surface area contributed by atoms with Crippen molar-refractivity contribution in [1.82, 2.24) is 10.3 Å². The van der Waals surface area contributed by atoms with Crippen molar-refractivity contribution >= 4 is 5.57 Å². The van der Waals surface area contributed by atoms with Crippen molar-refractivity contribution in [3.8, 4) is 0 Å². The van der Waals surface area contributed by atoms with Crippen LogP contribution in [0.3, 0.4) is 0 Å². The molecule has 0 saturated carbocycles. The third-order valence-corrected chi connectivity index (χ3v) is 2.14. The summed E-state index contributed by atoms with van der Waals surface area (Å²) in [5.41, 5.74) is 2.09. The van der Waals surface area contributed by atoms with E-state index in [1.54, 1.807) is 6.20 Å². The SMILES string of the molecule is Fc1cncc(C2=CCNCC2)c1. The highest BCUT2D eigenvalue weighted by atomic mass is 19.1. The zero-order valence-corrected chi connectivity index (χ0v) is 7.26. The van der Waals surface area contributed by atoms with E-state index in [0.717, 1.165) is 25.1 Å². The van der Waals surface area contributed by atoms with Crippen molar-refractivity contribution in [2.75, 3.05) is 13.1 Å². The maximum atomic E-state index is 12.8. The minimum absolute atomic E-state index is 0.267. The van der Waals surface area contributed by atoms with Gasteiger partial charge in [-0.3, -0.25) is 4.98 Å². The molecular formula is C10H11FN2. The smallest absolute Gasteiger partial charge is 0.142 e. The van der Waals surface area contributed by atoms with Crippen LogP contribution in [-0.2, 0) is 0 Å². The summed E-state index contributed by atoms with van der Waals surface area (Å²) < 4.78 is 12.8. The van der Waals surface area contributed by atoms with Crippen molar-refractivity contribution in [1.29, 1.82) is 0 Å². The Morgan fingerprint density at radius 1 is 1.38 bits per heavy atom. The van der Waals surface area contributed by atoms with E-state index < -0.39 is 0 Å². The Hall–Kier alpha value is -1.22. The summed E-state index contributed by atoms with van der Waals surface area (Å²) in [5.74, 6) is -0.267. The molecule has 0 fully saturated rings. The fourth-order valence-electron chi connectivity index (χ4n) is 1.47. The highest BCUT2D eigenvalue weighted by Gasteiger charge is 2.06. The molecule has 0 radical (unpaired) electrons. The highest BCUT2D eigenvalue weighted by molar-refractivity contribution is 5.65. The fraction of sp³-hybridized carbons (Fsp3) is 0.300. The number of hydrogen-bond acceptors (Lipinski definition) is 2. The van der Waals surface area contributed by atoms with Crippen LogP contribution < -0.4 is 5.32 Å². The molecule has 0 bridgehead atoms. The fourth-order valence-corrected chi connectivity index (χ4v) is 1.47. The lowest BCUT2D eigenvalue weighted by Crippen LogP contribution is -2.20. The van der Waals surface area contributed by atoms with E-state index in [1.165, 1.54) is 17.8 Å². The predicted molar refractivity (Wildman–Crippen MR) is 49.7 cm³/mol. The lowest BCUT2D eigenvalue weighted by atomic mass is 10.0. The molecule has 0 amide bonds. The number of rotatable bonds is 1. The molecule has 0 unspecified atom stereocenters. The quantitative estimate of drug-likeness (QED) is 0.706. The number of nitrogens with one attached hydrogen (secondary N) is 1. The van der Waals surface area contributed by atoms with Crippen LogP contribution in [0, 0.1) is 5.82 Å². The van der Waals surface area contributed by atoms with E-state index in [4.69, 9.17) is 0 Å². The summed E-state index contributed by atoms with van der Waals surface area (Å²) in [6, 6.07) is 1.53. The maximum Gasteiger partial charge on any atom is 0.142 e. The van der Waals surface area contributed by atoms with Crippen LogP contribution in [-0.4, -0.2) is 18.1 Å². The van der Waals surface area contributed by atoms with Gasteiger partial charge < -0.3 is 5.32 Å². The molecule has 68 valence electrons. The summed E-state index contributed by atoms with van der Waals surface area (Å²) in [6.07, 6.45) is 5.97. The van der Waals surface area contributed by atoms with Gasteiger partial charge in [-0.25, -0.2) is 4.39 Å². The summed E-state index contributed by atoms with van der Waals surface area (Å²) in [6.45, 7) is 1.83. The molecule has 3 heteroatoms. The standard InChI is InChI=1S/C10H11FN2/c11-10-5-9(6-13-7-10)8-1-3-12-4-2-8/h1,5-7,12H,2-4H2. The first-order valence-corrected chi connectivity index (χ1v) is 4.37. The molecule has 13 heavy (non-hydrogen) atoms. The molecule has 0 atom stereocenters. The van der Waals surface area contributed by atoms with E-state index >= 15 is 0 Å².